The largest absolute Gasteiger partial charge is 0.369 e. The van der Waals surface area contributed by atoms with Crippen molar-refractivity contribution in [2.75, 3.05) is 60.3 Å². The van der Waals surface area contributed by atoms with Gasteiger partial charge in [-0.05, 0) is 70.1 Å². The summed E-state index contributed by atoms with van der Waals surface area (Å²) in [6.07, 6.45) is 3.51. The van der Waals surface area contributed by atoms with Crippen LogP contribution < -0.4 is 20.0 Å². The number of hydrogen-bond acceptors (Lipinski definition) is 8. The minimum Gasteiger partial charge on any atom is -0.369 e. The second-order valence-corrected chi connectivity index (χ2v) is 11.1. The Kier molecular flexibility index (Phi) is 6.83. The van der Waals surface area contributed by atoms with E-state index in [1.54, 1.807) is 11.0 Å². The predicted octanol–water partition coefficient (Wildman–Crippen LogP) is 5.00. The minimum absolute atomic E-state index is 0.276. The predicted molar refractivity (Wildman–Crippen MR) is 158 cm³/mol. The number of amides is 1. The molecule has 0 atom stereocenters. The zero-order valence-corrected chi connectivity index (χ0v) is 23.8. The van der Waals surface area contributed by atoms with E-state index in [9.17, 15) is 4.79 Å². The van der Waals surface area contributed by atoms with Crippen LogP contribution >= 0.6 is 11.6 Å². The maximum Gasteiger partial charge on any atom is 0.270 e. The summed E-state index contributed by atoms with van der Waals surface area (Å²) >= 11 is 6.52. The zero-order chi connectivity index (χ0) is 28.1. The third-order valence-electron chi connectivity index (χ3n) is 7.91. The number of aryl methyl sites for hydroxylation is 2. The zero-order valence-electron chi connectivity index (χ0n) is 23.1. The van der Waals surface area contributed by atoms with E-state index in [-0.39, 0.29) is 17.7 Å². The van der Waals surface area contributed by atoms with Gasteiger partial charge in [-0.15, -0.1) is 0 Å². The first-order valence-corrected chi connectivity index (χ1v) is 13.9. The molecular weight excluding hydrogens is 531 g/mol. The second-order valence-electron chi connectivity index (χ2n) is 10.7. The number of rotatable bonds is 5. The number of fused-ring (bicyclic) bond motifs is 3. The molecule has 1 aromatic heterocycles. The van der Waals surface area contributed by atoms with Crippen molar-refractivity contribution >= 4 is 52.3 Å². The van der Waals surface area contributed by atoms with Crippen molar-refractivity contribution in [3.05, 3.63) is 64.1 Å². The monoisotopic (exact) mass is 562 g/mol. The molecule has 1 saturated heterocycles. The first-order valence-electron chi connectivity index (χ1n) is 13.5. The number of benzene rings is 2. The first kappa shape index (κ1) is 26.5. The molecule has 1 fully saturated rings. The summed E-state index contributed by atoms with van der Waals surface area (Å²) in [5.41, 5.74) is 3.86. The van der Waals surface area contributed by atoms with Gasteiger partial charge in [0.15, 0.2) is 5.82 Å². The number of nitrogens with zero attached hydrogens (tertiary/aromatic N) is 7. The molecule has 40 heavy (non-hydrogen) atoms. The molecule has 4 heterocycles. The van der Waals surface area contributed by atoms with E-state index in [2.05, 4.69) is 44.2 Å². The Morgan fingerprint density at radius 3 is 2.55 bits per heavy atom. The van der Waals surface area contributed by atoms with E-state index in [1.165, 1.54) is 12.3 Å². The average molecular weight is 563 g/mol. The number of guanidine groups is 1. The second kappa shape index (κ2) is 10.3. The van der Waals surface area contributed by atoms with E-state index >= 15 is 4.39 Å². The molecule has 0 unspecified atom stereocenters. The molecule has 6 rings (SSSR count). The third-order valence-corrected chi connectivity index (χ3v) is 8.21. The highest BCUT2D eigenvalue weighted by Gasteiger charge is 2.41. The molecular formula is C29H32ClFN8O. The van der Waals surface area contributed by atoms with E-state index < -0.39 is 0 Å². The fraction of sp³-hybridized carbons (Fsp3) is 0.379. The quantitative estimate of drug-likeness (QED) is 0.469. The van der Waals surface area contributed by atoms with Gasteiger partial charge in [-0.2, -0.15) is 4.98 Å². The van der Waals surface area contributed by atoms with Crippen LogP contribution in [-0.2, 0) is 0 Å². The lowest BCUT2D eigenvalue weighted by atomic mass is 10.0. The smallest absolute Gasteiger partial charge is 0.270 e. The molecule has 9 nitrogen and oxygen atoms in total. The van der Waals surface area contributed by atoms with Crippen LogP contribution in [0.3, 0.4) is 0 Å². The van der Waals surface area contributed by atoms with Crippen molar-refractivity contribution in [3.8, 4) is 0 Å². The number of hydrogen-bond donors (Lipinski definition) is 1. The Labute approximate surface area is 238 Å². The van der Waals surface area contributed by atoms with Gasteiger partial charge in [0.05, 0.1) is 22.9 Å². The number of carbonyl (C=O) groups excluding carboxylic acids is 1. The standard InChI is InChI=1S/C29H32ClFN8O/c1-17-6-5-7-22(30)24(17)39-27(40)21-16-33-28(35-26(21)38-13-10-32-29(38)39)34-19-14-18(2)25(23(31)15-19)37-11-8-20(9-12-37)36(3)4/h5-7,14-16,20H,8-13H2,1-4H3,(H,33,34,35). The van der Waals surface area contributed by atoms with Gasteiger partial charge in [-0.1, -0.05) is 23.7 Å². The molecule has 0 radical (unpaired) electrons. The first-order chi connectivity index (χ1) is 19.2. The molecule has 3 aliphatic heterocycles. The maximum absolute atomic E-state index is 15.4. The minimum atomic E-state index is -0.293. The van der Waals surface area contributed by atoms with Gasteiger partial charge >= 0.3 is 0 Å². The van der Waals surface area contributed by atoms with Crippen LogP contribution in [0.15, 0.2) is 41.5 Å². The van der Waals surface area contributed by atoms with Crippen molar-refractivity contribution < 1.29 is 9.18 Å². The lowest BCUT2D eigenvalue weighted by Gasteiger charge is -2.37. The summed E-state index contributed by atoms with van der Waals surface area (Å²) in [5, 5.41) is 3.61. The summed E-state index contributed by atoms with van der Waals surface area (Å²) in [4.78, 5) is 35.2. The highest BCUT2D eigenvalue weighted by Crippen LogP contribution is 2.38. The van der Waals surface area contributed by atoms with E-state index in [0.717, 1.165) is 37.1 Å². The number of halogens is 2. The van der Waals surface area contributed by atoms with Gasteiger partial charge in [-0.25, -0.2) is 14.3 Å². The Hall–Kier alpha value is -3.76. The number of aliphatic imine (C=N–C) groups is 1. The number of carbonyl (C=O) groups is 1. The van der Waals surface area contributed by atoms with Crippen LogP contribution in [0.5, 0.6) is 0 Å². The third kappa shape index (κ3) is 4.54. The molecule has 0 spiro atoms. The van der Waals surface area contributed by atoms with Crippen molar-refractivity contribution in [2.45, 2.75) is 32.7 Å². The van der Waals surface area contributed by atoms with Crippen LogP contribution in [-0.4, -0.2) is 73.1 Å². The summed E-state index contributed by atoms with van der Waals surface area (Å²) < 4.78 is 15.4. The molecule has 3 aromatic rings. The van der Waals surface area contributed by atoms with Crippen molar-refractivity contribution in [2.24, 2.45) is 4.99 Å². The van der Waals surface area contributed by atoms with Gasteiger partial charge in [-0.3, -0.25) is 14.7 Å². The Morgan fingerprint density at radius 2 is 1.85 bits per heavy atom. The lowest BCUT2D eigenvalue weighted by Crippen LogP contribution is -2.51. The summed E-state index contributed by atoms with van der Waals surface area (Å²) in [5.74, 6) is 0.663. The number of para-hydroxylation sites is 1. The average Bonchev–Trinajstić information content (AvgIpc) is 3.40. The maximum atomic E-state index is 15.4. The highest BCUT2D eigenvalue weighted by molar-refractivity contribution is 6.38. The summed E-state index contributed by atoms with van der Waals surface area (Å²) in [6, 6.07) is 9.44. The van der Waals surface area contributed by atoms with E-state index in [1.807, 2.05) is 36.9 Å². The van der Waals surface area contributed by atoms with Gasteiger partial charge in [0.2, 0.25) is 11.9 Å². The van der Waals surface area contributed by atoms with Crippen molar-refractivity contribution in [1.29, 1.82) is 0 Å². The molecule has 1 N–H and O–H groups in total. The molecule has 1 amide bonds. The molecule has 0 aliphatic carbocycles. The number of piperidine rings is 1. The summed E-state index contributed by atoms with van der Waals surface area (Å²) in [6.45, 7) is 6.56. The molecule has 0 bridgehead atoms. The number of anilines is 5. The SMILES string of the molecule is Cc1cc(Nc2ncc3c(n2)N2CCN=C2N(c2c(C)cccc2Cl)C3=O)cc(F)c1N1CCC(N(C)C)CC1. The van der Waals surface area contributed by atoms with Gasteiger partial charge in [0.1, 0.15) is 11.4 Å². The van der Waals surface area contributed by atoms with Crippen LogP contribution in [0.2, 0.25) is 5.02 Å². The topological polar surface area (TPSA) is 80.2 Å². The van der Waals surface area contributed by atoms with E-state index in [4.69, 9.17) is 11.6 Å². The number of aromatic nitrogens is 2. The fourth-order valence-corrected chi connectivity index (χ4v) is 6.19. The fourth-order valence-electron chi connectivity index (χ4n) is 5.88. The molecule has 11 heteroatoms. The van der Waals surface area contributed by atoms with Gasteiger partial charge in [0, 0.05) is 37.6 Å². The van der Waals surface area contributed by atoms with E-state index in [0.29, 0.717) is 58.6 Å². The van der Waals surface area contributed by atoms with Crippen molar-refractivity contribution in [3.63, 3.8) is 0 Å². The van der Waals surface area contributed by atoms with Crippen LogP contribution in [0, 0.1) is 19.7 Å². The van der Waals surface area contributed by atoms with Gasteiger partial charge < -0.3 is 15.1 Å². The normalized spacial score (nSPS) is 17.3. The summed E-state index contributed by atoms with van der Waals surface area (Å²) in [7, 11) is 4.19. The highest BCUT2D eigenvalue weighted by atomic mass is 35.5. The number of nitrogens with one attached hydrogen (secondary N) is 1. The lowest BCUT2D eigenvalue weighted by molar-refractivity contribution is 0.0999. The van der Waals surface area contributed by atoms with Crippen molar-refractivity contribution in [1.82, 2.24) is 14.9 Å². The molecule has 3 aliphatic rings. The molecule has 0 saturated carbocycles. The van der Waals surface area contributed by atoms with Crippen LogP contribution in [0.1, 0.15) is 34.3 Å². The Balaban J connectivity index is 1.27. The molecule has 2 aromatic carbocycles. The Morgan fingerprint density at radius 1 is 1.07 bits per heavy atom. The van der Waals surface area contributed by atoms with Gasteiger partial charge in [0.25, 0.3) is 5.91 Å². The van der Waals surface area contributed by atoms with Crippen LogP contribution in [0.25, 0.3) is 0 Å². The molecule has 208 valence electrons. The Bertz CT molecular complexity index is 1470. The van der Waals surface area contributed by atoms with Crippen LogP contribution in [0.4, 0.5) is 33.2 Å².